The summed E-state index contributed by atoms with van der Waals surface area (Å²) in [7, 11) is 5.08. The predicted octanol–water partition coefficient (Wildman–Crippen LogP) is 3.79. The summed E-state index contributed by atoms with van der Waals surface area (Å²) in [5.41, 5.74) is -0.0770. The standard InChI is InChI=1S/C27H25F4N7O3/c1-36(2)25(40)38-15-16(14-37(38)3)8-22-32-12-19(13-33-22)17-4-5-18(20(28)9-17)10-24(39)34-23-11-21(41-35-23)26(6-7-26)27(29,30)31/h4-5,9,11-15H,6-8,10H2,1-3H3/p+1. The van der Waals surface area contributed by atoms with Crippen LogP contribution in [-0.4, -0.2) is 56.9 Å². The van der Waals surface area contributed by atoms with Gasteiger partial charge in [0.25, 0.3) is 0 Å². The van der Waals surface area contributed by atoms with E-state index in [1.54, 1.807) is 56.7 Å². The lowest BCUT2D eigenvalue weighted by Gasteiger charge is -2.14. The summed E-state index contributed by atoms with van der Waals surface area (Å²) in [5.74, 6) is -1.30. The van der Waals surface area contributed by atoms with E-state index in [0.29, 0.717) is 23.4 Å². The lowest BCUT2D eigenvalue weighted by molar-refractivity contribution is -0.742. The minimum atomic E-state index is -4.47. The Kier molecular flexibility index (Phi) is 7.09. The minimum absolute atomic E-state index is 0.0890. The van der Waals surface area contributed by atoms with E-state index in [4.69, 9.17) is 4.52 Å². The van der Waals surface area contributed by atoms with Gasteiger partial charge >= 0.3 is 12.2 Å². The molecule has 1 aliphatic rings. The van der Waals surface area contributed by atoms with Crippen molar-refractivity contribution in [3.63, 3.8) is 0 Å². The van der Waals surface area contributed by atoms with E-state index in [1.807, 2.05) is 0 Å². The second-order valence-corrected chi connectivity index (χ2v) is 10.2. The molecule has 1 N–H and O–H groups in total. The van der Waals surface area contributed by atoms with Crippen molar-refractivity contribution < 1.29 is 36.4 Å². The molecule has 0 aliphatic heterocycles. The molecule has 0 atom stereocenters. The van der Waals surface area contributed by atoms with Crippen molar-refractivity contribution in [2.45, 2.75) is 37.3 Å². The number of carbonyl (C=O) groups is 2. The first kappa shape index (κ1) is 27.9. The molecule has 0 spiro atoms. The van der Waals surface area contributed by atoms with Gasteiger partial charge in [0.15, 0.2) is 24.8 Å². The number of carbonyl (C=O) groups excluding carboxylic acids is 2. The fraction of sp³-hybridized carbons (Fsp3) is 0.333. The van der Waals surface area contributed by atoms with Crippen LogP contribution in [0.25, 0.3) is 11.1 Å². The van der Waals surface area contributed by atoms with E-state index in [1.165, 1.54) is 21.7 Å². The van der Waals surface area contributed by atoms with E-state index in [9.17, 15) is 27.2 Å². The third-order valence-corrected chi connectivity index (χ3v) is 6.91. The molecule has 1 aliphatic carbocycles. The van der Waals surface area contributed by atoms with Gasteiger partial charge in [-0.2, -0.15) is 13.2 Å². The highest BCUT2D eigenvalue weighted by Crippen LogP contribution is 2.59. The molecule has 214 valence electrons. The second kappa shape index (κ2) is 10.4. The first-order valence-electron chi connectivity index (χ1n) is 12.6. The largest absolute Gasteiger partial charge is 0.401 e. The average Bonchev–Trinajstić information content (AvgIpc) is 3.49. The van der Waals surface area contributed by atoms with Crippen LogP contribution < -0.4 is 10.00 Å². The lowest BCUT2D eigenvalue weighted by atomic mass is 10.0. The quantitative estimate of drug-likeness (QED) is 0.267. The highest BCUT2D eigenvalue weighted by molar-refractivity contribution is 5.91. The maximum atomic E-state index is 14.8. The molecule has 14 heteroatoms. The Morgan fingerprint density at radius 2 is 1.85 bits per heavy atom. The topological polar surface area (TPSA) is 110 Å². The number of aromatic nitrogens is 5. The number of nitrogens with zero attached hydrogens (tertiary/aromatic N) is 6. The van der Waals surface area contributed by atoms with Crippen LogP contribution in [0.5, 0.6) is 0 Å². The molecule has 10 nitrogen and oxygen atoms in total. The fourth-order valence-electron chi connectivity index (χ4n) is 4.43. The number of hydrogen-bond acceptors (Lipinski definition) is 6. The molecular formula is C27H26F4N7O3+. The van der Waals surface area contributed by atoms with Crippen LogP contribution in [0.4, 0.5) is 28.2 Å². The van der Waals surface area contributed by atoms with E-state index >= 15 is 0 Å². The number of benzene rings is 1. The van der Waals surface area contributed by atoms with E-state index in [2.05, 4.69) is 20.4 Å². The van der Waals surface area contributed by atoms with Gasteiger partial charge in [-0.05, 0) is 30.0 Å². The molecule has 41 heavy (non-hydrogen) atoms. The van der Waals surface area contributed by atoms with Gasteiger partial charge in [0.05, 0.1) is 12.6 Å². The van der Waals surface area contributed by atoms with E-state index in [-0.39, 0.29) is 42.4 Å². The molecule has 0 saturated heterocycles. The van der Waals surface area contributed by atoms with E-state index < -0.39 is 23.3 Å². The smallest absolute Gasteiger partial charge is 0.358 e. The Morgan fingerprint density at radius 3 is 2.46 bits per heavy atom. The van der Waals surface area contributed by atoms with Crippen molar-refractivity contribution in [3.8, 4) is 11.1 Å². The van der Waals surface area contributed by atoms with Crippen molar-refractivity contribution in [2.75, 3.05) is 19.4 Å². The molecule has 4 aromatic rings. The number of nitrogens with one attached hydrogen (secondary N) is 1. The third-order valence-electron chi connectivity index (χ3n) is 6.91. The van der Waals surface area contributed by atoms with Crippen molar-refractivity contribution in [1.29, 1.82) is 0 Å². The van der Waals surface area contributed by atoms with Gasteiger partial charge in [-0.25, -0.2) is 19.2 Å². The summed E-state index contributed by atoms with van der Waals surface area (Å²) in [6.45, 7) is 0. The van der Waals surface area contributed by atoms with Gasteiger partial charge in [0.2, 0.25) is 5.91 Å². The Bertz CT molecular complexity index is 1610. The summed E-state index contributed by atoms with van der Waals surface area (Å²) in [6, 6.07) is 5.17. The highest BCUT2D eigenvalue weighted by Gasteiger charge is 2.66. The van der Waals surface area contributed by atoms with Crippen LogP contribution in [-0.2, 0) is 30.1 Å². The Balaban J connectivity index is 1.21. The summed E-state index contributed by atoms with van der Waals surface area (Å²) < 4.78 is 62.6. The van der Waals surface area contributed by atoms with Gasteiger partial charge in [0, 0.05) is 50.1 Å². The fourth-order valence-corrected chi connectivity index (χ4v) is 4.43. The molecule has 5 rings (SSSR count). The van der Waals surface area contributed by atoms with Gasteiger partial charge in [-0.15, -0.1) is 4.68 Å². The van der Waals surface area contributed by atoms with Crippen LogP contribution in [0.3, 0.4) is 0 Å². The van der Waals surface area contributed by atoms with Crippen molar-refractivity contribution in [3.05, 3.63) is 77.6 Å². The first-order valence-corrected chi connectivity index (χ1v) is 12.6. The molecule has 0 bridgehead atoms. The van der Waals surface area contributed by atoms with E-state index in [0.717, 1.165) is 11.6 Å². The summed E-state index contributed by atoms with van der Waals surface area (Å²) >= 11 is 0. The number of anilines is 1. The number of rotatable bonds is 7. The summed E-state index contributed by atoms with van der Waals surface area (Å²) in [4.78, 5) is 34.8. The van der Waals surface area contributed by atoms with Crippen LogP contribution in [0.15, 0.2) is 53.6 Å². The number of alkyl halides is 3. The zero-order valence-corrected chi connectivity index (χ0v) is 22.4. The number of amides is 2. The SMILES string of the molecule is CN(C)C(=O)n1cc(Cc2ncc(-c3ccc(CC(=O)Nc4cc(C5(C(F)(F)F)CC5)on4)c(F)c3)cn2)c[n+]1C. The third kappa shape index (κ3) is 5.67. The molecule has 1 fully saturated rings. The van der Waals surface area contributed by atoms with Crippen molar-refractivity contribution >= 4 is 17.8 Å². The Morgan fingerprint density at radius 1 is 1.15 bits per heavy atom. The monoisotopic (exact) mass is 572 g/mol. The molecule has 2 amide bonds. The van der Waals surface area contributed by atoms with Crippen LogP contribution in [0.2, 0.25) is 0 Å². The minimum Gasteiger partial charge on any atom is -0.358 e. The first-order chi connectivity index (χ1) is 19.4. The molecular weight excluding hydrogens is 546 g/mol. The second-order valence-electron chi connectivity index (χ2n) is 10.2. The Labute approximate surface area is 231 Å². The predicted molar refractivity (Wildman–Crippen MR) is 136 cm³/mol. The van der Waals surface area contributed by atoms with Gasteiger partial charge in [0.1, 0.15) is 17.1 Å². The zero-order valence-electron chi connectivity index (χ0n) is 22.4. The molecule has 3 aromatic heterocycles. The number of halogens is 4. The van der Waals surface area contributed by atoms with Gasteiger partial charge in [-0.1, -0.05) is 22.0 Å². The normalized spacial score (nSPS) is 14.1. The van der Waals surface area contributed by atoms with Crippen LogP contribution >= 0.6 is 0 Å². The van der Waals surface area contributed by atoms with Crippen molar-refractivity contribution in [1.82, 2.24) is 24.7 Å². The summed E-state index contributed by atoms with van der Waals surface area (Å²) in [5, 5.41) is 5.87. The zero-order chi connectivity index (χ0) is 29.5. The molecule has 1 aromatic carbocycles. The van der Waals surface area contributed by atoms with Crippen LogP contribution in [0, 0.1) is 5.82 Å². The van der Waals surface area contributed by atoms with Crippen molar-refractivity contribution in [2.24, 2.45) is 7.05 Å². The average molecular weight is 573 g/mol. The maximum absolute atomic E-state index is 14.8. The molecule has 0 radical (unpaired) electrons. The Hall–Kier alpha value is -4.62. The molecule has 0 unspecified atom stereocenters. The summed E-state index contributed by atoms with van der Waals surface area (Å²) in [6.07, 6.45) is 1.97. The molecule has 3 heterocycles. The van der Waals surface area contributed by atoms with Gasteiger partial charge < -0.3 is 14.7 Å². The van der Waals surface area contributed by atoms with Gasteiger partial charge in [-0.3, -0.25) is 4.79 Å². The number of aryl methyl sites for hydroxylation is 1. The lowest BCUT2D eigenvalue weighted by Crippen LogP contribution is -2.45. The molecule has 1 saturated carbocycles. The van der Waals surface area contributed by atoms with Crippen LogP contribution in [0.1, 0.15) is 35.6 Å². The highest BCUT2D eigenvalue weighted by atomic mass is 19.4. The number of hydrogen-bond donors (Lipinski definition) is 1. The maximum Gasteiger partial charge on any atom is 0.401 e.